The fourth-order valence-electron chi connectivity index (χ4n) is 5.65. The minimum Gasteiger partial charge on any atom is -0.352 e. The Labute approximate surface area is 255 Å². The average molecular weight is 608 g/mol. The molecule has 1 atom stereocenters. The van der Waals surface area contributed by atoms with Crippen molar-refractivity contribution in [1.29, 1.82) is 0 Å². The molecule has 3 aromatic rings. The van der Waals surface area contributed by atoms with Crippen LogP contribution >= 0.6 is 0 Å². The first-order valence-electron chi connectivity index (χ1n) is 15.2. The Morgan fingerprint density at radius 1 is 0.930 bits per heavy atom. The van der Waals surface area contributed by atoms with Crippen LogP contribution < -0.4 is 9.62 Å². The van der Waals surface area contributed by atoms with E-state index in [4.69, 9.17) is 0 Å². The summed E-state index contributed by atoms with van der Waals surface area (Å²) in [5, 5.41) is 3.14. The molecule has 0 aliphatic heterocycles. The van der Waals surface area contributed by atoms with Gasteiger partial charge in [-0.25, -0.2) is 12.8 Å². The zero-order valence-corrected chi connectivity index (χ0v) is 26.1. The van der Waals surface area contributed by atoms with Gasteiger partial charge in [0.2, 0.25) is 11.8 Å². The first-order chi connectivity index (χ1) is 20.6. The minimum absolute atomic E-state index is 0.0313. The standard InChI is InChI=1S/C34H42FN3O4S/c1-4-27-11-9-10-14-32(27)38(43(41,42)30-21-15-25(3)16-22-30)24-33(39)37(23-26-17-19-28(35)20-18-26)31(5-2)34(40)36-29-12-7-6-8-13-29/h9-11,14-22,29,31H,4-8,12-13,23-24H2,1-3H3,(H,36,40)/t31-/m0/s1. The number of hydrogen-bond acceptors (Lipinski definition) is 4. The zero-order chi connectivity index (χ0) is 31.0. The largest absolute Gasteiger partial charge is 0.352 e. The highest BCUT2D eigenvalue weighted by molar-refractivity contribution is 7.92. The molecule has 1 fully saturated rings. The maximum atomic E-state index is 14.3. The van der Waals surface area contributed by atoms with E-state index in [1.54, 1.807) is 48.5 Å². The summed E-state index contributed by atoms with van der Waals surface area (Å²) in [7, 11) is -4.15. The zero-order valence-electron chi connectivity index (χ0n) is 25.3. The van der Waals surface area contributed by atoms with Gasteiger partial charge >= 0.3 is 0 Å². The summed E-state index contributed by atoms with van der Waals surface area (Å²) in [6.45, 7) is 5.18. The molecule has 1 aliphatic carbocycles. The number of rotatable bonds is 12. The molecule has 7 nitrogen and oxygen atoms in total. The van der Waals surface area contributed by atoms with E-state index in [0.29, 0.717) is 24.1 Å². The second-order valence-electron chi connectivity index (χ2n) is 11.2. The van der Waals surface area contributed by atoms with Crippen LogP contribution in [0.2, 0.25) is 0 Å². The molecule has 9 heteroatoms. The van der Waals surface area contributed by atoms with Crippen LogP contribution in [0.15, 0.2) is 77.7 Å². The van der Waals surface area contributed by atoms with Crippen molar-refractivity contribution in [2.24, 2.45) is 0 Å². The van der Waals surface area contributed by atoms with Crippen molar-refractivity contribution in [3.63, 3.8) is 0 Å². The lowest BCUT2D eigenvalue weighted by Gasteiger charge is -2.35. The van der Waals surface area contributed by atoms with E-state index in [9.17, 15) is 22.4 Å². The van der Waals surface area contributed by atoms with Crippen molar-refractivity contribution >= 4 is 27.5 Å². The highest BCUT2D eigenvalue weighted by Gasteiger charge is 2.35. The number of hydrogen-bond donors (Lipinski definition) is 1. The molecule has 1 N–H and O–H groups in total. The summed E-state index contributed by atoms with van der Waals surface area (Å²) >= 11 is 0. The number of carbonyl (C=O) groups excluding carboxylic acids is 2. The molecule has 0 saturated heterocycles. The van der Waals surface area contributed by atoms with Gasteiger partial charge in [0.1, 0.15) is 18.4 Å². The fraction of sp³-hybridized carbons (Fsp3) is 0.412. The van der Waals surface area contributed by atoms with E-state index < -0.39 is 34.3 Å². The van der Waals surface area contributed by atoms with Crippen LogP contribution in [-0.2, 0) is 32.6 Å². The Morgan fingerprint density at radius 2 is 1.58 bits per heavy atom. The van der Waals surface area contributed by atoms with E-state index in [1.807, 2.05) is 32.9 Å². The molecule has 1 aliphatic rings. The first-order valence-corrected chi connectivity index (χ1v) is 16.6. The van der Waals surface area contributed by atoms with Gasteiger partial charge in [-0.1, -0.05) is 81.1 Å². The SMILES string of the molecule is CCc1ccccc1N(CC(=O)N(Cc1ccc(F)cc1)[C@@H](CC)C(=O)NC1CCCCC1)S(=O)(=O)c1ccc(C)cc1. The number of nitrogens with one attached hydrogen (secondary N) is 1. The molecule has 0 heterocycles. The summed E-state index contributed by atoms with van der Waals surface area (Å²) < 4.78 is 43.2. The van der Waals surface area contributed by atoms with Gasteiger partial charge in [-0.05, 0) is 74.1 Å². The Hall–Kier alpha value is -3.72. The lowest BCUT2D eigenvalue weighted by Crippen LogP contribution is -2.54. The molecule has 0 aromatic heterocycles. The number of benzene rings is 3. The lowest BCUT2D eigenvalue weighted by molar-refractivity contribution is -0.140. The highest BCUT2D eigenvalue weighted by atomic mass is 32.2. The Bertz CT molecular complexity index is 1490. The molecular weight excluding hydrogens is 565 g/mol. The molecule has 0 bridgehead atoms. The Kier molecular flexibility index (Phi) is 11.0. The molecule has 0 radical (unpaired) electrons. The Morgan fingerprint density at radius 3 is 2.21 bits per heavy atom. The van der Waals surface area contributed by atoms with Crippen molar-refractivity contribution in [2.45, 2.75) is 89.2 Å². The third-order valence-electron chi connectivity index (χ3n) is 8.13. The summed E-state index contributed by atoms with van der Waals surface area (Å²) in [6, 6.07) is 18.7. The van der Waals surface area contributed by atoms with E-state index in [1.165, 1.54) is 17.0 Å². The topological polar surface area (TPSA) is 86.8 Å². The van der Waals surface area contributed by atoms with Crippen LogP contribution in [0.4, 0.5) is 10.1 Å². The number of para-hydroxylation sites is 1. The molecule has 4 rings (SSSR count). The van der Waals surface area contributed by atoms with Crippen molar-refractivity contribution in [3.8, 4) is 0 Å². The van der Waals surface area contributed by atoms with Crippen LogP contribution in [0.25, 0.3) is 0 Å². The summed E-state index contributed by atoms with van der Waals surface area (Å²) in [5.74, 6) is -1.18. The monoisotopic (exact) mass is 607 g/mol. The van der Waals surface area contributed by atoms with Gasteiger partial charge in [-0.3, -0.25) is 13.9 Å². The molecule has 0 spiro atoms. The molecule has 1 saturated carbocycles. The number of nitrogens with zero attached hydrogens (tertiary/aromatic N) is 2. The minimum atomic E-state index is -4.15. The van der Waals surface area contributed by atoms with Gasteiger partial charge in [0.15, 0.2) is 0 Å². The second-order valence-corrected chi connectivity index (χ2v) is 13.1. The number of aryl methyl sites for hydroxylation is 2. The van der Waals surface area contributed by atoms with E-state index in [2.05, 4.69) is 5.32 Å². The van der Waals surface area contributed by atoms with Gasteiger partial charge in [-0.15, -0.1) is 0 Å². The molecule has 2 amide bonds. The van der Waals surface area contributed by atoms with Gasteiger partial charge in [-0.2, -0.15) is 0 Å². The van der Waals surface area contributed by atoms with Gasteiger partial charge in [0, 0.05) is 12.6 Å². The second kappa shape index (κ2) is 14.6. The lowest BCUT2D eigenvalue weighted by atomic mass is 9.95. The van der Waals surface area contributed by atoms with Crippen LogP contribution in [0, 0.1) is 12.7 Å². The third kappa shape index (κ3) is 8.02. The van der Waals surface area contributed by atoms with Crippen LogP contribution in [0.5, 0.6) is 0 Å². The van der Waals surface area contributed by atoms with Crippen LogP contribution in [0.1, 0.15) is 69.1 Å². The van der Waals surface area contributed by atoms with Crippen molar-refractivity contribution < 1.29 is 22.4 Å². The van der Waals surface area contributed by atoms with Crippen molar-refractivity contribution in [3.05, 3.63) is 95.3 Å². The smallest absolute Gasteiger partial charge is 0.264 e. The Balaban J connectivity index is 1.73. The number of carbonyl (C=O) groups is 2. The normalized spacial score (nSPS) is 14.6. The van der Waals surface area contributed by atoms with Gasteiger partial charge in [0.25, 0.3) is 10.0 Å². The number of amides is 2. The number of sulfonamides is 1. The average Bonchev–Trinajstić information content (AvgIpc) is 3.01. The summed E-state index contributed by atoms with van der Waals surface area (Å²) in [4.78, 5) is 29.5. The number of halogens is 1. The maximum Gasteiger partial charge on any atom is 0.264 e. The molecule has 43 heavy (non-hydrogen) atoms. The van der Waals surface area contributed by atoms with Crippen molar-refractivity contribution in [1.82, 2.24) is 10.2 Å². The van der Waals surface area contributed by atoms with E-state index in [-0.39, 0.29) is 23.4 Å². The van der Waals surface area contributed by atoms with Crippen LogP contribution in [0.3, 0.4) is 0 Å². The summed E-state index contributed by atoms with van der Waals surface area (Å²) in [6.07, 6.45) is 5.91. The predicted octanol–water partition coefficient (Wildman–Crippen LogP) is 6.15. The number of anilines is 1. The van der Waals surface area contributed by atoms with E-state index in [0.717, 1.165) is 47.5 Å². The van der Waals surface area contributed by atoms with Crippen molar-refractivity contribution in [2.75, 3.05) is 10.8 Å². The third-order valence-corrected chi connectivity index (χ3v) is 9.91. The molecular formula is C34H42FN3O4S. The predicted molar refractivity (Wildman–Crippen MR) is 168 cm³/mol. The maximum absolute atomic E-state index is 14.3. The van der Waals surface area contributed by atoms with Gasteiger partial charge < -0.3 is 10.2 Å². The van der Waals surface area contributed by atoms with Gasteiger partial charge in [0.05, 0.1) is 10.6 Å². The highest BCUT2D eigenvalue weighted by Crippen LogP contribution is 2.29. The summed E-state index contributed by atoms with van der Waals surface area (Å²) in [5.41, 5.74) is 2.75. The van der Waals surface area contributed by atoms with Crippen LogP contribution in [-0.4, -0.2) is 43.8 Å². The molecule has 230 valence electrons. The molecule has 3 aromatic carbocycles. The van der Waals surface area contributed by atoms with E-state index >= 15 is 0 Å². The quantitative estimate of drug-likeness (QED) is 0.268. The fourth-order valence-corrected chi connectivity index (χ4v) is 7.11. The molecule has 0 unspecified atom stereocenters. The first kappa shape index (κ1) is 32.2.